The van der Waals surface area contributed by atoms with E-state index in [4.69, 9.17) is 0 Å². The molecule has 0 unspecified atom stereocenters. The summed E-state index contributed by atoms with van der Waals surface area (Å²) in [4.78, 5) is 36.3. The van der Waals surface area contributed by atoms with Gasteiger partial charge >= 0.3 is 5.69 Å². The van der Waals surface area contributed by atoms with Gasteiger partial charge in [-0.25, -0.2) is 0 Å². The Hall–Kier alpha value is -2.35. The van der Waals surface area contributed by atoms with E-state index in [1.54, 1.807) is 0 Å². The van der Waals surface area contributed by atoms with Gasteiger partial charge in [0.25, 0.3) is 11.1 Å². The number of carbonyl (C=O) groups excluding carboxylic acids is 2. The smallest absolute Gasteiger partial charge is 0.311 e. The number of para-hydroxylation sites is 1. The van der Waals surface area contributed by atoms with E-state index in [1.165, 1.54) is 35.6 Å². The molecule has 0 atom stereocenters. The highest BCUT2D eigenvalue weighted by Gasteiger charge is 2.36. The van der Waals surface area contributed by atoms with Gasteiger partial charge in [0.1, 0.15) is 0 Å². The first kappa shape index (κ1) is 17.5. The molecule has 1 aromatic carbocycles. The third kappa shape index (κ3) is 3.68. The first-order chi connectivity index (χ1) is 12.0. The number of hydrogen-bond acceptors (Lipinski definition) is 6. The normalized spacial score (nSPS) is 20.5. The number of amides is 2. The van der Waals surface area contributed by atoms with Crippen molar-refractivity contribution in [2.24, 2.45) is 5.92 Å². The van der Waals surface area contributed by atoms with Crippen LogP contribution in [0.15, 0.2) is 23.1 Å². The van der Waals surface area contributed by atoms with Crippen molar-refractivity contribution in [2.45, 2.75) is 32.1 Å². The Kier molecular flexibility index (Phi) is 5.08. The van der Waals surface area contributed by atoms with Gasteiger partial charge in [0.2, 0.25) is 5.75 Å². The summed E-state index contributed by atoms with van der Waals surface area (Å²) in [7, 11) is 0. The maximum atomic E-state index is 12.5. The number of thioether (sulfide) groups is 1. The zero-order valence-electron chi connectivity index (χ0n) is 13.5. The van der Waals surface area contributed by atoms with Gasteiger partial charge in [-0.15, -0.1) is 0 Å². The van der Waals surface area contributed by atoms with E-state index in [0.717, 1.165) is 37.4 Å². The highest BCUT2D eigenvalue weighted by Crippen LogP contribution is 2.37. The third-order valence-corrected chi connectivity index (χ3v) is 5.48. The summed E-state index contributed by atoms with van der Waals surface area (Å²) in [5, 5.41) is 20.6. The number of carbonyl (C=O) groups is 2. The number of imide groups is 1. The molecule has 25 heavy (non-hydrogen) atoms. The van der Waals surface area contributed by atoms with E-state index in [9.17, 15) is 24.8 Å². The number of rotatable bonds is 4. The molecule has 2 aliphatic rings. The fourth-order valence-electron chi connectivity index (χ4n) is 3.24. The summed E-state index contributed by atoms with van der Waals surface area (Å²) in [6, 6.07) is 4.08. The highest BCUT2D eigenvalue weighted by molar-refractivity contribution is 8.18. The monoisotopic (exact) mass is 362 g/mol. The van der Waals surface area contributed by atoms with Gasteiger partial charge in [-0.1, -0.05) is 31.4 Å². The van der Waals surface area contributed by atoms with Crippen molar-refractivity contribution in [3.8, 4) is 5.75 Å². The average molecular weight is 362 g/mol. The van der Waals surface area contributed by atoms with Gasteiger partial charge in [0.15, 0.2) is 0 Å². The highest BCUT2D eigenvalue weighted by atomic mass is 32.2. The van der Waals surface area contributed by atoms with Crippen molar-refractivity contribution < 1.29 is 19.6 Å². The molecule has 3 rings (SSSR count). The quantitative estimate of drug-likeness (QED) is 0.495. The van der Waals surface area contributed by atoms with Crippen molar-refractivity contribution in [2.75, 3.05) is 6.54 Å². The molecule has 7 nitrogen and oxygen atoms in total. The number of aromatic hydroxyl groups is 1. The molecule has 132 valence electrons. The average Bonchev–Trinajstić information content (AvgIpc) is 2.85. The van der Waals surface area contributed by atoms with Crippen molar-refractivity contribution in [1.82, 2.24) is 4.90 Å². The molecule has 2 amide bonds. The second-order valence-corrected chi connectivity index (χ2v) is 7.26. The summed E-state index contributed by atoms with van der Waals surface area (Å²) in [6.07, 6.45) is 6.83. The van der Waals surface area contributed by atoms with E-state index in [2.05, 4.69) is 0 Å². The zero-order chi connectivity index (χ0) is 18.0. The number of phenols is 1. The predicted octanol–water partition coefficient (Wildman–Crippen LogP) is 3.92. The Bertz CT molecular complexity index is 755. The van der Waals surface area contributed by atoms with Gasteiger partial charge in [0, 0.05) is 18.2 Å². The molecular weight excluding hydrogens is 344 g/mol. The lowest BCUT2D eigenvalue weighted by Gasteiger charge is -2.25. The largest absolute Gasteiger partial charge is 0.502 e. The van der Waals surface area contributed by atoms with Crippen LogP contribution in [0.25, 0.3) is 6.08 Å². The zero-order valence-corrected chi connectivity index (χ0v) is 14.3. The van der Waals surface area contributed by atoms with E-state index in [-0.39, 0.29) is 15.7 Å². The Labute approximate surface area is 148 Å². The van der Waals surface area contributed by atoms with Gasteiger partial charge in [-0.05, 0) is 36.6 Å². The van der Waals surface area contributed by atoms with Crippen LogP contribution in [-0.2, 0) is 4.79 Å². The SMILES string of the molecule is O=C1S/C(=C/c2cccc([N+](=O)[O-])c2O)C(=O)N1CC1CCCCC1. The van der Waals surface area contributed by atoms with Crippen LogP contribution in [0, 0.1) is 16.0 Å². The minimum absolute atomic E-state index is 0.150. The van der Waals surface area contributed by atoms with Crippen LogP contribution in [0.1, 0.15) is 37.7 Å². The molecule has 1 N–H and O–H groups in total. The van der Waals surface area contributed by atoms with Gasteiger partial charge < -0.3 is 5.11 Å². The lowest BCUT2D eigenvalue weighted by Crippen LogP contribution is -2.34. The van der Waals surface area contributed by atoms with Crippen molar-refractivity contribution in [3.63, 3.8) is 0 Å². The maximum Gasteiger partial charge on any atom is 0.311 e. The van der Waals surface area contributed by atoms with Crippen LogP contribution < -0.4 is 0 Å². The number of phenolic OH excluding ortho intramolecular Hbond substituents is 1. The molecule has 0 spiro atoms. The van der Waals surface area contributed by atoms with E-state index >= 15 is 0 Å². The minimum atomic E-state index is -0.693. The number of nitro benzene ring substituents is 1. The lowest BCUT2D eigenvalue weighted by molar-refractivity contribution is -0.385. The Morgan fingerprint density at radius 1 is 1.28 bits per heavy atom. The number of nitrogens with zero attached hydrogens (tertiary/aromatic N) is 2. The Balaban J connectivity index is 1.81. The fourth-order valence-corrected chi connectivity index (χ4v) is 4.08. The molecule has 2 fully saturated rings. The summed E-state index contributed by atoms with van der Waals surface area (Å²) in [5.74, 6) is -0.564. The second-order valence-electron chi connectivity index (χ2n) is 6.27. The first-order valence-corrected chi connectivity index (χ1v) is 9.00. The van der Waals surface area contributed by atoms with Crippen LogP contribution in [-0.4, -0.2) is 32.6 Å². The molecule has 1 heterocycles. The van der Waals surface area contributed by atoms with Crippen molar-refractivity contribution in [3.05, 3.63) is 38.8 Å². The lowest BCUT2D eigenvalue weighted by atomic mass is 9.89. The Morgan fingerprint density at radius 3 is 2.68 bits per heavy atom. The summed E-state index contributed by atoms with van der Waals surface area (Å²) >= 11 is 0.806. The Morgan fingerprint density at radius 2 is 2.00 bits per heavy atom. The van der Waals surface area contributed by atoms with Crippen LogP contribution in [0.4, 0.5) is 10.5 Å². The maximum absolute atomic E-state index is 12.5. The number of nitro groups is 1. The van der Waals surface area contributed by atoms with Crippen LogP contribution >= 0.6 is 11.8 Å². The molecule has 1 saturated carbocycles. The third-order valence-electron chi connectivity index (χ3n) is 4.57. The van der Waals surface area contributed by atoms with Crippen LogP contribution in [0.2, 0.25) is 0 Å². The van der Waals surface area contributed by atoms with Crippen LogP contribution in [0.3, 0.4) is 0 Å². The minimum Gasteiger partial charge on any atom is -0.502 e. The van der Waals surface area contributed by atoms with Gasteiger partial charge in [-0.3, -0.25) is 24.6 Å². The molecular formula is C17H18N2O5S. The number of benzene rings is 1. The summed E-state index contributed by atoms with van der Waals surface area (Å²) in [6.45, 7) is 0.420. The molecule has 0 radical (unpaired) electrons. The molecule has 0 bridgehead atoms. The molecule has 0 aromatic heterocycles. The summed E-state index contributed by atoms with van der Waals surface area (Å²) < 4.78 is 0. The standard InChI is InChI=1S/C17H18N2O5S/c20-15-12(7-4-8-13(15)19(23)24)9-14-16(21)18(17(22)25-14)10-11-5-2-1-3-6-11/h4,7-9,11,20H,1-3,5-6,10H2/b14-9+. The predicted molar refractivity (Wildman–Crippen MR) is 94.0 cm³/mol. The molecule has 1 aliphatic carbocycles. The fraction of sp³-hybridized carbons (Fsp3) is 0.412. The van der Waals surface area contributed by atoms with E-state index in [1.807, 2.05) is 0 Å². The topological polar surface area (TPSA) is 101 Å². The van der Waals surface area contributed by atoms with Gasteiger partial charge in [-0.2, -0.15) is 0 Å². The van der Waals surface area contributed by atoms with Crippen molar-refractivity contribution in [1.29, 1.82) is 0 Å². The number of hydrogen-bond donors (Lipinski definition) is 1. The molecule has 1 saturated heterocycles. The van der Waals surface area contributed by atoms with E-state index < -0.39 is 22.3 Å². The first-order valence-electron chi connectivity index (χ1n) is 8.19. The summed E-state index contributed by atoms with van der Waals surface area (Å²) in [5.41, 5.74) is -0.285. The second kappa shape index (κ2) is 7.26. The van der Waals surface area contributed by atoms with Crippen LogP contribution in [0.5, 0.6) is 5.75 Å². The molecule has 8 heteroatoms. The molecule has 1 aromatic rings. The van der Waals surface area contributed by atoms with Crippen molar-refractivity contribution >= 4 is 34.7 Å². The van der Waals surface area contributed by atoms with Gasteiger partial charge in [0.05, 0.1) is 9.83 Å². The van der Waals surface area contributed by atoms with E-state index in [0.29, 0.717) is 12.5 Å². The molecule has 1 aliphatic heterocycles.